The van der Waals surface area contributed by atoms with Gasteiger partial charge in [-0.05, 0) is 5.41 Å². The van der Waals surface area contributed by atoms with Gasteiger partial charge in [0.25, 0.3) is 0 Å². The molecule has 0 bridgehead atoms. The fraction of sp³-hybridized carbons (Fsp3) is 0.750. The average molecular weight is 170 g/mol. The van der Waals surface area contributed by atoms with E-state index < -0.39 is 11.9 Å². The van der Waals surface area contributed by atoms with E-state index in [1.807, 2.05) is 0 Å². The molecule has 2 atom stereocenters. The van der Waals surface area contributed by atoms with Crippen LogP contribution in [0.4, 0.5) is 0 Å². The fourth-order valence-electron chi connectivity index (χ4n) is 1.69. The van der Waals surface area contributed by atoms with E-state index in [-0.39, 0.29) is 17.2 Å². The molecule has 68 valence electrons. The zero-order valence-electron chi connectivity index (χ0n) is 7.38. The van der Waals surface area contributed by atoms with Gasteiger partial charge in [-0.3, -0.25) is 5.41 Å². The lowest BCUT2D eigenvalue weighted by Gasteiger charge is -2.01. The summed E-state index contributed by atoms with van der Waals surface area (Å²) >= 11 is 0. The Morgan fingerprint density at radius 3 is 2.25 bits per heavy atom. The van der Waals surface area contributed by atoms with E-state index in [2.05, 4.69) is 4.74 Å². The van der Waals surface area contributed by atoms with Crippen LogP contribution in [-0.2, 0) is 9.53 Å². The number of aliphatic carboxylic acids is 1. The molecule has 1 aliphatic carbocycles. The zero-order chi connectivity index (χ0) is 9.52. The molecular weight excluding hydrogens is 158 g/mol. The second-order valence-electron chi connectivity index (χ2n) is 3.66. The van der Waals surface area contributed by atoms with Crippen molar-refractivity contribution in [3.8, 4) is 0 Å². The summed E-state index contributed by atoms with van der Waals surface area (Å²) in [5, 5.41) is 17.9. The number of carbonyl (C=O) groups is 1. The summed E-state index contributed by atoms with van der Waals surface area (Å²) in [6.07, 6.45) is 0. The van der Waals surface area contributed by atoms with Crippen LogP contribution in [0.5, 0.6) is 0 Å². The van der Waals surface area contributed by atoms with Crippen molar-refractivity contribution in [2.45, 2.75) is 13.8 Å². The molecule has 0 amide bonds. The number of carboxylic acids is 1. The van der Waals surface area contributed by atoms with Gasteiger partial charge in [-0.25, -0.2) is 0 Å². The van der Waals surface area contributed by atoms with Gasteiger partial charge in [0, 0.05) is 17.8 Å². The maximum absolute atomic E-state index is 10.5. The molecule has 1 fully saturated rings. The first-order valence-electron chi connectivity index (χ1n) is 3.76. The third-order valence-corrected chi connectivity index (χ3v) is 2.58. The second kappa shape index (κ2) is 2.47. The van der Waals surface area contributed by atoms with Crippen molar-refractivity contribution in [3.63, 3.8) is 0 Å². The normalized spacial score (nSPS) is 30.9. The van der Waals surface area contributed by atoms with Crippen molar-refractivity contribution >= 4 is 11.9 Å². The SMILES string of the molecule is COC(=N)C1C(C(=O)[O-])C1(C)C. The highest BCUT2D eigenvalue weighted by Crippen LogP contribution is 2.58. The molecule has 1 aliphatic rings. The standard InChI is InChI=1S/C8H13NO3/c1-8(2)4(6(9)12-3)5(8)7(10)11/h4-5,9H,1-3H3,(H,10,11)/p-1. The van der Waals surface area contributed by atoms with E-state index in [1.165, 1.54) is 7.11 Å². The highest BCUT2D eigenvalue weighted by molar-refractivity contribution is 5.89. The molecule has 1 N–H and O–H groups in total. The van der Waals surface area contributed by atoms with Gasteiger partial charge < -0.3 is 14.6 Å². The van der Waals surface area contributed by atoms with Crippen LogP contribution in [0, 0.1) is 22.7 Å². The third kappa shape index (κ3) is 1.07. The third-order valence-electron chi connectivity index (χ3n) is 2.58. The molecule has 1 rings (SSSR count). The van der Waals surface area contributed by atoms with Crippen LogP contribution in [0.3, 0.4) is 0 Å². The minimum Gasteiger partial charge on any atom is -0.550 e. The van der Waals surface area contributed by atoms with Gasteiger partial charge in [0.15, 0.2) is 5.90 Å². The van der Waals surface area contributed by atoms with Gasteiger partial charge >= 0.3 is 0 Å². The van der Waals surface area contributed by atoms with Gasteiger partial charge in [-0.2, -0.15) is 0 Å². The van der Waals surface area contributed by atoms with E-state index in [0.29, 0.717) is 0 Å². The molecule has 0 heterocycles. The van der Waals surface area contributed by atoms with Crippen LogP contribution in [0.1, 0.15) is 13.8 Å². The van der Waals surface area contributed by atoms with Crippen molar-refractivity contribution in [2.24, 2.45) is 17.3 Å². The molecule has 4 heteroatoms. The minimum atomic E-state index is -1.09. The van der Waals surface area contributed by atoms with Crippen molar-refractivity contribution in [2.75, 3.05) is 7.11 Å². The summed E-state index contributed by atoms with van der Waals surface area (Å²) in [6.45, 7) is 3.59. The largest absolute Gasteiger partial charge is 0.550 e. The Kier molecular flexibility index (Phi) is 1.86. The van der Waals surface area contributed by atoms with Crippen LogP contribution in [0.25, 0.3) is 0 Å². The fourth-order valence-corrected chi connectivity index (χ4v) is 1.69. The number of carboxylic acid groups (broad SMARTS) is 1. The van der Waals surface area contributed by atoms with Gasteiger partial charge in [0.2, 0.25) is 0 Å². The number of rotatable bonds is 2. The Bertz CT molecular complexity index is 234. The monoisotopic (exact) mass is 170 g/mol. The molecule has 0 aromatic rings. The molecule has 0 aromatic heterocycles. The highest BCUT2D eigenvalue weighted by Gasteiger charge is 2.61. The summed E-state index contributed by atoms with van der Waals surface area (Å²) in [5.41, 5.74) is -0.383. The summed E-state index contributed by atoms with van der Waals surface area (Å²) in [4.78, 5) is 10.5. The Morgan fingerprint density at radius 2 is 2.00 bits per heavy atom. The van der Waals surface area contributed by atoms with Crippen LogP contribution < -0.4 is 5.11 Å². The minimum absolute atomic E-state index is 0.0363. The quantitative estimate of drug-likeness (QED) is 0.454. The van der Waals surface area contributed by atoms with E-state index in [4.69, 9.17) is 5.41 Å². The molecule has 1 saturated carbocycles. The molecule has 4 nitrogen and oxygen atoms in total. The number of hydrogen-bond acceptors (Lipinski definition) is 4. The van der Waals surface area contributed by atoms with Crippen LogP contribution in [-0.4, -0.2) is 19.0 Å². The molecular formula is C8H12NO3-. The number of methoxy groups -OCH3 is 1. The zero-order valence-corrected chi connectivity index (χ0v) is 7.38. The Morgan fingerprint density at radius 1 is 1.50 bits per heavy atom. The van der Waals surface area contributed by atoms with E-state index in [0.717, 1.165) is 0 Å². The summed E-state index contributed by atoms with van der Waals surface area (Å²) in [7, 11) is 1.38. The van der Waals surface area contributed by atoms with Gasteiger partial charge in [-0.1, -0.05) is 13.8 Å². The summed E-state index contributed by atoms with van der Waals surface area (Å²) in [5.74, 6) is -1.93. The summed E-state index contributed by atoms with van der Waals surface area (Å²) in [6, 6.07) is 0. The number of nitrogens with one attached hydrogen (secondary N) is 1. The lowest BCUT2D eigenvalue weighted by atomic mass is 10.1. The molecule has 0 aromatic carbocycles. The van der Waals surface area contributed by atoms with Crippen molar-refractivity contribution in [3.05, 3.63) is 0 Å². The molecule has 0 radical (unpaired) electrons. The number of ether oxygens (including phenoxy) is 1. The maximum Gasteiger partial charge on any atom is 0.184 e. The first-order valence-corrected chi connectivity index (χ1v) is 3.76. The predicted molar refractivity (Wildman–Crippen MR) is 40.5 cm³/mol. The maximum atomic E-state index is 10.5. The van der Waals surface area contributed by atoms with Crippen LogP contribution >= 0.6 is 0 Å². The average Bonchev–Trinajstić information content (AvgIpc) is 2.52. The molecule has 0 aliphatic heterocycles. The van der Waals surface area contributed by atoms with Crippen molar-refractivity contribution in [1.82, 2.24) is 0 Å². The Hall–Kier alpha value is -1.06. The molecule has 0 saturated heterocycles. The molecule has 0 spiro atoms. The smallest absolute Gasteiger partial charge is 0.184 e. The van der Waals surface area contributed by atoms with Crippen LogP contribution in [0.2, 0.25) is 0 Å². The molecule has 12 heavy (non-hydrogen) atoms. The first kappa shape index (κ1) is 9.03. The summed E-state index contributed by atoms with van der Waals surface area (Å²) < 4.78 is 4.68. The Balaban J connectivity index is 2.73. The predicted octanol–water partition coefficient (Wildman–Crippen LogP) is -0.368. The van der Waals surface area contributed by atoms with Crippen molar-refractivity contribution < 1.29 is 14.6 Å². The van der Waals surface area contributed by atoms with Crippen LogP contribution in [0.15, 0.2) is 0 Å². The van der Waals surface area contributed by atoms with E-state index in [1.54, 1.807) is 13.8 Å². The van der Waals surface area contributed by atoms with E-state index in [9.17, 15) is 9.90 Å². The molecule has 2 unspecified atom stereocenters. The van der Waals surface area contributed by atoms with Gasteiger partial charge in [0.1, 0.15) is 0 Å². The highest BCUT2D eigenvalue weighted by atomic mass is 16.5. The van der Waals surface area contributed by atoms with E-state index >= 15 is 0 Å². The topological polar surface area (TPSA) is 73.2 Å². The van der Waals surface area contributed by atoms with Gasteiger partial charge in [0.05, 0.1) is 7.11 Å². The van der Waals surface area contributed by atoms with Crippen molar-refractivity contribution in [1.29, 1.82) is 5.41 Å². The second-order valence-corrected chi connectivity index (χ2v) is 3.66. The van der Waals surface area contributed by atoms with Gasteiger partial charge in [-0.15, -0.1) is 0 Å². The lowest BCUT2D eigenvalue weighted by Crippen LogP contribution is -2.27. The number of carbonyl (C=O) groups excluding carboxylic acids is 1. The Labute approximate surface area is 71.0 Å². The number of hydrogen-bond donors (Lipinski definition) is 1. The first-order chi connectivity index (χ1) is 5.42. The lowest BCUT2D eigenvalue weighted by molar-refractivity contribution is -0.308.